The van der Waals surface area contributed by atoms with E-state index in [2.05, 4.69) is 10.3 Å². The van der Waals surface area contributed by atoms with Gasteiger partial charge in [-0.25, -0.2) is 4.98 Å². The number of aromatic nitrogens is 2. The maximum atomic E-state index is 6.50. The van der Waals surface area contributed by atoms with Crippen molar-refractivity contribution in [2.45, 2.75) is 81.6 Å². The lowest BCUT2D eigenvalue weighted by Crippen LogP contribution is -2.44. The molecule has 0 bridgehead atoms. The quantitative estimate of drug-likeness (QED) is 0.798. The van der Waals surface area contributed by atoms with Crippen LogP contribution in [0, 0.1) is 0 Å². The highest BCUT2D eigenvalue weighted by atomic mass is 15.1. The van der Waals surface area contributed by atoms with Gasteiger partial charge in [0.2, 0.25) is 5.95 Å². The zero-order chi connectivity index (χ0) is 15.9. The molecule has 3 aliphatic carbocycles. The Morgan fingerprint density at radius 2 is 1.57 bits per heavy atom. The van der Waals surface area contributed by atoms with E-state index in [4.69, 9.17) is 16.5 Å². The largest absolute Gasteiger partial charge is 0.368 e. The van der Waals surface area contributed by atoms with Gasteiger partial charge in [-0.05, 0) is 44.9 Å². The summed E-state index contributed by atoms with van der Waals surface area (Å²) in [5, 5.41) is 3.55. The molecule has 2 fully saturated rings. The second-order valence-electron chi connectivity index (χ2n) is 8.02. The molecule has 3 aliphatic rings. The molecule has 126 valence electrons. The van der Waals surface area contributed by atoms with Gasteiger partial charge < -0.3 is 16.8 Å². The van der Waals surface area contributed by atoms with Crippen LogP contribution in [0.4, 0.5) is 11.8 Å². The molecule has 1 aromatic heterocycles. The fraction of sp³-hybridized carbons (Fsp3) is 0.778. The molecule has 5 heteroatoms. The lowest BCUT2D eigenvalue weighted by atomic mass is 9.72. The SMILES string of the molecule is Nc1nc(NCC2(N)CCCC2)c2c(n1)C1(CCCC1)CCC2. The predicted octanol–water partition coefficient (Wildman–Crippen LogP) is 2.89. The van der Waals surface area contributed by atoms with Crippen molar-refractivity contribution in [3.8, 4) is 0 Å². The number of nitrogens with two attached hydrogens (primary N) is 2. The first-order chi connectivity index (χ1) is 11.1. The van der Waals surface area contributed by atoms with E-state index < -0.39 is 0 Å². The minimum atomic E-state index is -0.0771. The first-order valence-electron chi connectivity index (χ1n) is 9.30. The standard InChI is InChI=1S/C18H29N5/c19-16-22-14-13(6-5-9-17(14)7-1-2-8-17)15(23-16)21-12-18(20)10-3-4-11-18/h1-12,20H2,(H3,19,21,22,23). The molecule has 0 radical (unpaired) electrons. The fourth-order valence-electron chi connectivity index (χ4n) is 5.10. The molecule has 0 amide bonds. The van der Waals surface area contributed by atoms with Crippen molar-refractivity contribution in [1.82, 2.24) is 9.97 Å². The van der Waals surface area contributed by atoms with E-state index in [1.807, 2.05) is 0 Å². The summed E-state index contributed by atoms with van der Waals surface area (Å²) in [7, 11) is 0. The predicted molar refractivity (Wildman–Crippen MR) is 93.4 cm³/mol. The van der Waals surface area contributed by atoms with E-state index >= 15 is 0 Å². The highest BCUT2D eigenvalue weighted by molar-refractivity contribution is 5.53. The van der Waals surface area contributed by atoms with Crippen LogP contribution in [0.15, 0.2) is 0 Å². The lowest BCUT2D eigenvalue weighted by Gasteiger charge is -2.35. The molecule has 0 saturated heterocycles. The number of anilines is 2. The minimum absolute atomic E-state index is 0.0771. The Bertz CT molecular complexity index is 585. The Labute approximate surface area is 138 Å². The van der Waals surface area contributed by atoms with E-state index in [-0.39, 0.29) is 11.0 Å². The van der Waals surface area contributed by atoms with Crippen LogP contribution in [0.25, 0.3) is 0 Å². The summed E-state index contributed by atoms with van der Waals surface area (Å²) in [6, 6.07) is 0. The van der Waals surface area contributed by atoms with E-state index in [1.54, 1.807) is 0 Å². The second kappa shape index (κ2) is 5.62. The molecule has 4 rings (SSSR count). The van der Waals surface area contributed by atoms with Gasteiger partial charge in [0.25, 0.3) is 0 Å². The van der Waals surface area contributed by atoms with Crippen molar-refractivity contribution in [2.75, 3.05) is 17.6 Å². The van der Waals surface area contributed by atoms with E-state index in [1.165, 1.54) is 62.6 Å². The van der Waals surface area contributed by atoms with Gasteiger partial charge in [0.05, 0.1) is 5.69 Å². The summed E-state index contributed by atoms with van der Waals surface area (Å²) in [6.07, 6.45) is 13.4. The van der Waals surface area contributed by atoms with E-state index in [0.717, 1.165) is 31.6 Å². The van der Waals surface area contributed by atoms with Gasteiger partial charge in [0.15, 0.2) is 0 Å². The fourth-order valence-corrected chi connectivity index (χ4v) is 5.10. The molecule has 5 N–H and O–H groups in total. The Morgan fingerprint density at radius 1 is 0.913 bits per heavy atom. The van der Waals surface area contributed by atoms with Gasteiger partial charge in [0.1, 0.15) is 5.82 Å². The number of hydrogen-bond donors (Lipinski definition) is 3. The third-order valence-electron chi connectivity index (χ3n) is 6.38. The van der Waals surface area contributed by atoms with Gasteiger partial charge in [-0.15, -0.1) is 0 Å². The second-order valence-corrected chi connectivity index (χ2v) is 8.02. The van der Waals surface area contributed by atoms with Gasteiger partial charge in [0, 0.05) is 23.1 Å². The Balaban J connectivity index is 1.64. The van der Waals surface area contributed by atoms with Gasteiger partial charge in [-0.2, -0.15) is 4.98 Å². The number of hydrogen-bond acceptors (Lipinski definition) is 5. The molecule has 5 nitrogen and oxygen atoms in total. The monoisotopic (exact) mass is 315 g/mol. The molecule has 1 aromatic rings. The highest BCUT2D eigenvalue weighted by Crippen LogP contribution is 2.49. The highest BCUT2D eigenvalue weighted by Gasteiger charge is 2.42. The zero-order valence-corrected chi connectivity index (χ0v) is 14.0. The number of nitrogens with one attached hydrogen (secondary N) is 1. The van der Waals surface area contributed by atoms with Crippen LogP contribution < -0.4 is 16.8 Å². The number of nitrogens with zero attached hydrogens (tertiary/aromatic N) is 2. The van der Waals surface area contributed by atoms with Crippen molar-refractivity contribution in [3.63, 3.8) is 0 Å². The summed E-state index contributed by atoms with van der Waals surface area (Å²) in [6.45, 7) is 0.795. The van der Waals surface area contributed by atoms with Crippen LogP contribution in [0.3, 0.4) is 0 Å². The molecular formula is C18H29N5. The Kier molecular flexibility index (Phi) is 3.71. The summed E-state index contributed by atoms with van der Waals surface area (Å²) in [4.78, 5) is 9.24. The molecular weight excluding hydrogens is 286 g/mol. The number of fused-ring (bicyclic) bond motifs is 2. The summed E-state index contributed by atoms with van der Waals surface area (Å²) >= 11 is 0. The minimum Gasteiger partial charge on any atom is -0.368 e. The van der Waals surface area contributed by atoms with Gasteiger partial charge >= 0.3 is 0 Å². The van der Waals surface area contributed by atoms with Crippen LogP contribution in [0.5, 0.6) is 0 Å². The van der Waals surface area contributed by atoms with Crippen LogP contribution in [-0.2, 0) is 11.8 Å². The molecule has 23 heavy (non-hydrogen) atoms. The smallest absolute Gasteiger partial charge is 0.222 e. The number of nitrogen functional groups attached to an aromatic ring is 1. The maximum absolute atomic E-state index is 6.50. The summed E-state index contributed by atoms with van der Waals surface area (Å²) in [5.41, 5.74) is 15.3. The topological polar surface area (TPSA) is 89.8 Å². The van der Waals surface area contributed by atoms with Crippen LogP contribution in [0.2, 0.25) is 0 Å². The molecule has 0 atom stereocenters. The lowest BCUT2D eigenvalue weighted by molar-refractivity contribution is 0.357. The molecule has 0 unspecified atom stereocenters. The van der Waals surface area contributed by atoms with Crippen LogP contribution >= 0.6 is 0 Å². The first-order valence-corrected chi connectivity index (χ1v) is 9.30. The van der Waals surface area contributed by atoms with Gasteiger partial charge in [-0.3, -0.25) is 0 Å². The average molecular weight is 315 g/mol. The third-order valence-corrected chi connectivity index (χ3v) is 6.38. The molecule has 0 aliphatic heterocycles. The molecule has 1 spiro atoms. The van der Waals surface area contributed by atoms with Crippen LogP contribution in [0.1, 0.15) is 75.5 Å². The summed E-state index contributed by atoms with van der Waals surface area (Å²) in [5.74, 6) is 1.37. The molecule has 2 saturated carbocycles. The molecule has 0 aromatic carbocycles. The van der Waals surface area contributed by atoms with E-state index in [0.29, 0.717) is 5.95 Å². The maximum Gasteiger partial charge on any atom is 0.222 e. The first kappa shape index (κ1) is 15.2. The number of rotatable bonds is 3. The summed E-state index contributed by atoms with van der Waals surface area (Å²) < 4.78 is 0. The van der Waals surface area contributed by atoms with Crippen LogP contribution in [-0.4, -0.2) is 22.1 Å². The van der Waals surface area contributed by atoms with Crippen molar-refractivity contribution < 1.29 is 0 Å². The Morgan fingerprint density at radius 3 is 2.30 bits per heavy atom. The Hall–Kier alpha value is -1.36. The average Bonchev–Trinajstić information content (AvgIpc) is 3.17. The van der Waals surface area contributed by atoms with Crippen molar-refractivity contribution in [1.29, 1.82) is 0 Å². The zero-order valence-electron chi connectivity index (χ0n) is 14.0. The van der Waals surface area contributed by atoms with Crippen molar-refractivity contribution >= 4 is 11.8 Å². The normalized spacial score (nSPS) is 24.7. The van der Waals surface area contributed by atoms with Crippen molar-refractivity contribution in [2.24, 2.45) is 5.73 Å². The van der Waals surface area contributed by atoms with Crippen molar-refractivity contribution in [3.05, 3.63) is 11.3 Å². The third kappa shape index (κ3) is 2.69. The van der Waals surface area contributed by atoms with Gasteiger partial charge in [-0.1, -0.05) is 25.7 Å². The van der Waals surface area contributed by atoms with E-state index in [9.17, 15) is 0 Å². The molecule has 1 heterocycles.